The number of fused-ring (bicyclic) bond motifs is 1. The molecule has 5 aromatic rings. The molecule has 1 aliphatic heterocycles. The van der Waals surface area contributed by atoms with Crippen LogP contribution < -0.4 is 20.1 Å². The Balaban J connectivity index is 1.30. The van der Waals surface area contributed by atoms with Crippen LogP contribution in [0.25, 0.3) is 0 Å². The van der Waals surface area contributed by atoms with Gasteiger partial charge in [0.15, 0.2) is 0 Å². The number of amides is 1. The van der Waals surface area contributed by atoms with Crippen LogP contribution in [-0.4, -0.2) is 27.3 Å². The van der Waals surface area contributed by atoms with Gasteiger partial charge >= 0.3 is 0 Å². The molecule has 0 saturated heterocycles. The Morgan fingerprint density at radius 1 is 0.889 bits per heavy atom. The maximum absolute atomic E-state index is 14.0. The summed E-state index contributed by atoms with van der Waals surface area (Å²) in [5.74, 6) is 2.41. The van der Waals surface area contributed by atoms with Gasteiger partial charge in [0.05, 0.1) is 17.9 Å². The van der Waals surface area contributed by atoms with E-state index in [4.69, 9.17) is 19.6 Å². The number of hydrogen-bond donors (Lipinski definition) is 2. The summed E-state index contributed by atoms with van der Waals surface area (Å²) in [6.07, 6.45) is 0. The van der Waals surface area contributed by atoms with Crippen molar-refractivity contribution in [2.75, 3.05) is 17.2 Å². The van der Waals surface area contributed by atoms with E-state index in [0.717, 1.165) is 22.6 Å². The molecule has 1 unspecified atom stereocenters. The Morgan fingerprint density at radius 3 is 2.38 bits per heavy atom. The van der Waals surface area contributed by atoms with Gasteiger partial charge < -0.3 is 20.1 Å². The van der Waals surface area contributed by atoms with Crippen LogP contribution in [0.3, 0.4) is 0 Å². The van der Waals surface area contributed by atoms with Crippen molar-refractivity contribution in [3.63, 3.8) is 0 Å². The number of carbonyl (C=O) groups is 1. The average Bonchev–Trinajstić information content (AvgIpc) is 3.47. The van der Waals surface area contributed by atoms with Gasteiger partial charge in [0.25, 0.3) is 5.91 Å². The lowest BCUT2D eigenvalue weighted by molar-refractivity contribution is -0.113. The minimum atomic E-state index is -0.523. The lowest BCUT2D eigenvalue weighted by Gasteiger charge is -2.29. The highest BCUT2D eigenvalue weighted by Gasteiger charge is 2.34. The van der Waals surface area contributed by atoms with E-state index in [2.05, 4.69) is 54.0 Å². The van der Waals surface area contributed by atoms with Crippen LogP contribution in [-0.2, 0) is 17.2 Å². The van der Waals surface area contributed by atoms with Crippen LogP contribution in [0.2, 0.25) is 0 Å². The second-order valence-corrected chi connectivity index (χ2v) is 11.7. The molecule has 1 aliphatic rings. The maximum atomic E-state index is 14.0. The fourth-order valence-electron chi connectivity index (χ4n) is 5.16. The van der Waals surface area contributed by atoms with E-state index in [0.29, 0.717) is 47.0 Å². The molecule has 0 aliphatic carbocycles. The summed E-state index contributed by atoms with van der Waals surface area (Å²) in [5.41, 5.74) is 6.21. The Hall–Kier alpha value is -5.02. The third-order valence-electron chi connectivity index (χ3n) is 7.45. The number of thioether (sulfide) groups is 1. The summed E-state index contributed by atoms with van der Waals surface area (Å²) in [7, 11) is 0. The minimum absolute atomic E-state index is 0.253. The van der Waals surface area contributed by atoms with Crippen LogP contribution in [0.5, 0.6) is 11.5 Å². The van der Waals surface area contributed by atoms with Crippen LogP contribution >= 0.6 is 11.8 Å². The molecule has 0 bridgehead atoms. The molecule has 2 N–H and O–H groups in total. The molecule has 228 valence electrons. The summed E-state index contributed by atoms with van der Waals surface area (Å²) in [6, 6.07) is 33.3. The van der Waals surface area contributed by atoms with Crippen molar-refractivity contribution in [1.82, 2.24) is 14.8 Å². The highest BCUT2D eigenvalue weighted by Crippen LogP contribution is 2.38. The van der Waals surface area contributed by atoms with Gasteiger partial charge in [0.1, 0.15) is 24.1 Å². The zero-order valence-electron chi connectivity index (χ0n) is 25.5. The fourth-order valence-corrected chi connectivity index (χ4v) is 5.94. The summed E-state index contributed by atoms with van der Waals surface area (Å²) in [4.78, 5) is 18.8. The van der Waals surface area contributed by atoms with Crippen LogP contribution in [0.15, 0.2) is 120 Å². The van der Waals surface area contributed by atoms with Crippen molar-refractivity contribution in [2.24, 2.45) is 0 Å². The molecule has 1 aromatic heterocycles. The molecule has 1 amide bonds. The molecule has 0 spiro atoms. The van der Waals surface area contributed by atoms with Crippen LogP contribution in [0.1, 0.15) is 42.1 Å². The topological polar surface area (TPSA) is 90.3 Å². The fraction of sp³-hybridized carbons (Fsp3) is 0.194. The number of ether oxygens (including phenoxy) is 2. The van der Waals surface area contributed by atoms with E-state index in [1.807, 2.05) is 80.6 Å². The molecule has 4 aromatic carbocycles. The number of nitrogens with zero attached hydrogens (tertiary/aromatic N) is 3. The van der Waals surface area contributed by atoms with Crippen molar-refractivity contribution in [1.29, 1.82) is 0 Å². The highest BCUT2D eigenvalue weighted by atomic mass is 32.2. The number of benzene rings is 4. The van der Waals surface area contributed by atoms with Gasteiger partial charge in [-0.15, -0.1) is 5.10 Å². The molecule has 0 radical (unpaired) electrons. The van der Waals surface area contributed by atoms with E-state index in [1.165, 1.54) is 11.1 Å². The Labute approximate surface area is 267 Å². The number of carbonyl (C=O) groups excluding carboxylic acids is 1. The second-order valence-electron chi connectivity index (χ2n) is 10.7. The quantitative estimate of drug-likeness (QED) is 0.146. The number of nitrogens with one attached hydrogen (secondary N) is 2. The van der Waals surface area contributed by atoms with Crippen molar-refractivity contribution in [3.8, 4) is 11.5 Å². The number of para-hydroxylation sites is 2. The molecule has 1 atom stereocenters. The number of anilines is 2. The number of allylic oxidation sites excluding steroid dienone is 1. The summed E-state index contributed by atoms with van der Waals surface area (Å²) < 4.78 is 13.6. The number of aromatic nitrogens is 3. The van der Waals surface area contributed by atoms with E-state index in [1.54, 1.807) is 16.4 Å². The van der Waals surface area contributed by atoms with Gasteiger partial charge in [-0.3, -0.25) is 4.79 Å². The van der Waals surface area contributed by atoms with E-state index in [9.17, 15) is 4.79 Å². The van der Waals surface area contributed by atoms with Gasteiger partial charge in [0, 0.05) is 11.4 Å². The molecule has 6 rings (SSSR count). The van der Waals surface area contributed by atoms with E-state index < -0.39 is 6.04 Å². The van der Waals surface area contributed by atoms with Crippen LogP contribution in [0, 0.1) is 6.92 Å². The average molecular weight is 618 g/mol. The zero-order chi connectivity index (χ0) is 31.2. The molecule has 45 heavy (non-hydrogen) atoms. The first kappa shape index (κ1) is 30.0. The predicted octanol–water partition coefficient (Wildman–Crippen LogP) is 7.78. The van der Waals surface area contributed by atoms with Crippen molar-refractivity contribution < 1.29 is 14.3 Å². The monoisotopic (exact) mass is 617 g/mol. The number of rotatable bonds is 11. The molecular weight excluding hydrogens is 582 g/mol. The normalized spacial score (nSPS) is 14.0. The summed E-state index contributed by atoms with van der Waals surface area (Å²) in [5, 5.41) is 11.9. The number of aryl methyl sites for hydroxylation is 1. The molecule has 9 heteroatoms. The SMILES string of the molecule is CCOc1ccccc1NC(=O)C1=C(C)Nc2nc(SCc3ccccc3)nn2C1c1ccc(OCc2ccc(C)cc2)cc1. The van der Waals surface area contributed by atoms with Gasteiger partial charge in [0.2, 0.25) is 11.1 Å². The highest BCUT2D eigenvalue weighted by molar-refractivity contribution is 7.98. The second kappa shape index (κ2) is 13.7. The smallest absolute Gasteiger partial charge is 0.255 e. The lowest BCUT2D eigenvalue weighted by atomic mass is 9.95. The van der Waals surface area contributed by atoms with E-state index >= 15 is 0 Å². The Morgan fingerprint density at radius 2 is 1.62 bits per heavy atom. The molecule has 8 nitrogen and oxygen atoms in total. The first-order valence-corrected chi connectivity index (χ1v) is 15.9. The third kappa shape index (κ3) is 7.05. The number of hydrogen-bond acceptors (Lipinski definition) is 7. The van der Waals surface area contributed by atoms with Gasteiger partial charge in [-0.1, -0.05) is 96.2 Å². The van der Waals surface area contributed by atoms with Gasteiger partial charge in [-0.25, -0.2) is 4.68 Å². The van der Waals surface area contributed by atoms with E-state index in [-0.39, 0.29) is 5.91 Å². The first-order chi connectivity index (χ1) is 22.0. The lowest BCUT2D eigenvalue weighted by Crippen LogP contribution is -2.31. The Kier molecular flexibility index (Phi) is 9.17. The molecular formula is C36H35N5O3S. The van der Waals surface area contributed by atoms with Crippen molar-refractivity contribution >= 4 is 29.3 Å². The predicted molar refractivity (Wildman–Crippen MR) is 179 cm³/mol. The Bertz CT molecular complexity index is 1800. The largest absolute Gasteiger partial charge is 0.492 e. The minimum Gasteiger partial charge on any atom is -0.492 e. The molecule has 2 heterocycles. The maximum Gasteiger partial charge on any atom is 0.255 e. The first-order valence-electron chi connectivity index (χ1n) is 14.9. The standard InChI is InChI=1S/C36H35N5O3S/c1-4-43-31-13-9-8-12-30(31)38-34(42)32-25(3)37-35-39-36(45-23-27-10-6-5-7-11-27)40-41(35)33(32)28-18-20-29(21-19-28)44-22-26-16-14-24(2)15-17-26/h5-21,33H,4,22-23H2,1-3H3,(H,38,42)(H,37,39,40). The zero-order valence-corrected chi connectivity index (χ0v) is 26.3. The van der Waals surface area contributed by atoms with Gasteiger partial charge in [-0.05, 0) is 61.7 Å². The molecule has 0 fully saturated rings. The van der Waals surface area contributed by atoms with Crippen molar-refractivity contribution in [2.45, 2.75) is 44.3 Å². The van der Waals surface area contributed by atoms with Crippen molar-refractivity contribution in [3.05, 3.63) is 137 Å². The van der Waals surface area contributed by atoms with Gasteiger partial charge in [-0.2, -0.15) is 4.98 Å². The summed E-state index contributed by atoms with van der Waals surface area (Å²) in [6.45, 7) is 6.83. The third-order valence-corrected chi connectivity index (χ3v) is 8.35. The molecule has 0 saturated carbocycles. The van der Waals surface area contributed by atoms with Crippen LogP contribution in [0.4, 0.5) is 11.6 Å². The summed E-state index contributed by atoms with van der Waals surface area (Å²) >= 11 is 1.55.